The standard InChI is InChI=1S/C14H30N2O2/c1-4-6-7-8-9-16(10-11-17)14(18)13(15)12(3)5-2/h12-13,17H,4-11,15H2,1-3H3/t12?,13-/m0/s1. The van der Waals surface area contributed by atoms with Gasteiger partial charge in [0.1, 0.15) is 0 Å². The van der Waals surface area contributed by atoms with Gasteiger partial charge in [-0.1, -0.05) is 46.5 Å². The summed E-state index contributed by atoms with van der Waals surface area (Å²) in [7, 11) is 0. The van der Waals surface area contributed by atoms with Gasteiger partial charge >= 0.3 is 0 Å². The van der Waals surface area contributed by atoms with E-state index in [-0.39, 0.29) is 18.4 Å². The molecule has 0 aromatic rings. The van der Waals surface area contributed by atoms with Gasteiger partial charge in [-0.25, -0.2) is 0 Å². The maximum Gasteiger partial charge on any atom is 0.239 e. The van der Waals surface area contributed by atoms with Crippen molar-refractivity contribution in [1.82, 2.24) is 4.90 Å². The Morgan fingerprint density at radius 1 is 1.22 bits per heavy atom. The first kappa shape index (κ1) is 17.4. The second kappa shape index (κ2) is 10.3. The van der Waals surface area contributed by atoms with Crippen LogP contribution in [0.2, 0.25) is 0 Å². The largest absolute Gasteiger partial charge is 0.395 e. The van der Waals surface area contributed by atoms with Gasteiger partial charge in [0.05, 0.1) is 12.6 Å². The number of carbonyl (C=O) groups is 1. The Hall–Kier alpha value is -0.610. The van der Waals surface area contributed by atoms with E-state index in [9.17, 15) is 4.79 Å². The highest BCUT2D eigenvalue weighted by Crippen LogP contribution is 2.10. The zero-order valence-electron chi connectivity index (χ0n) is 12.2. The van der Waals surface area contributed by atoms with Crippen molar-refractivity contribution in [2.75, 3.05) is 19.7 Å². The molecule has 0 rings (SSSR count). The van der Waals surface area contributed by atoms with Gasteiger partial charge in [-0.2, -0.15) is 0 Å². The number of aliphatic hydroxyl groups excluding tert-OH is 1. The molecule has 0 aromatic carbocycles. The lowest BCUT2D eigenvalue weighted by Gasteiger charge is -2.27. The zero-order valence-corrected chi connectivity index (χ0v) is 12.2. The van der Waals surface area contributed by atoms with Crippen molar-refractivity contribution in [3.8, 4) is 0 Å². The molecule has 0 aliphatic heterocycles. The Kier molecular flexibility index (Phi) is 9.98. The molecule has 0 saturated carbocycles. The summed E-state index contributed by atoms with van der Waals surface area (Å²) in [5, 5.41) is 9.03. The molecule has 0 heterocycles. The van der Waals surface area contributed by atoms with E-state index >= 15 is 0 Å². The van der Waals surface area contributed by atoms with Gasteiger partial charge in [-0.05, 0) is 12.3 Å². The molecule has 1 unspecified atom stereocenters. The summed E-state index contributed by atoms with van der Waals surface area (Å²) >= 11 is 0. The third-order valence-electron chi connectivity index (χ3n) is 3.51. The molecule has 4 heteroatoms. The predicted octanol–water partition coefficient (Wildman–Crippen LogP) is 1.76. The van der Waals surface area contributed by atoms with Crippen molar-refractivity contribution >= 4 is 5.91 Å². The Morgan fingerprint density at radius 3 is 2.39 bits per heavy atom. The zero-order chi connectivity index (χ0) is 14.0. The number of nitrogens with zero attached hydrogens (tertiary/aromatic N) is 1. The SMILES string of the molecule is CCCCCCN(CCO)C(=O)[C@@H](N)C(C)CC. The molecule has 0 fully saturated rings. The molecule has 0 bridgehead atoms. The van der Waals surface area contributed by atoms with Crippen molar-refractivity contribution < 1.29 is 9.90 Å². The van der Waals surface area contributed by atoms with Crippen molar-refractivity contribution in [1.29, 1.82) is 0 Å². The van der Waals surface area contributed by atoms with Crippen molar-refractivity contribution in [2.24, 2.45) is 11.7 Å². The van der Waals surface area contributed by atoms with Gasteiger partial charge in [0.15, 0.2) is 0 Å². The smallest absolute Gasteiger partial charge is 0.239 e. The molecular formula is C14H30N2O2. The van der Waals surface area contributed by atoms with Crippen LogP contribution in [0.25, 0.3) is 0 Å². The van der Waals surface area contributed by atoms with Crippen LogP contribution >= 0.6 is 0 Å². The van der Waals surface area contributed by atoms with Crippen molar-refractivity contribution in [2.45, 2.75) is 58.9 Å². The Balaban J connectivity index is 4.25. The first-order valence-electron chi connectivity index (χ1n) is 7.23. The first-order chi connectivity index (χ1) is 8.58. The van der Waals surface area contributed by atoms with E-state index in [2.05, 4.69) is 6.92 Å². The van der Waals surface area contributed by atoms with E-state index in [1.54, 1.807) is 4.90 Å². The summed E-state index contributed by atoms with van der Waals surface area (Å²) in [6, 6.07) is -0.437. The summed E-state index contributed by atoms with van der Waals surface area (Å²) in [5.74, 6) is 0.171. The minimum Gasteiger partial charge on any atom is -0.395 e. The number of hydrogen-bond donors (Lipinski definition) is 2. The normalized spacial score (nSPS) is 14.3. The molecule has 2 atom stereocenters. The topological polar surface area (TPSA) is 66.6 Å². The van der Waals surface area contributed by atoms with Gasteiger partial charge in [0.25, 0.3) is 0 Å². The van der Waals surface area contributed by atoms with Crippen LogP contribution < -0.4 is 5.73 Å². The molecule has 0 aliphatic rings. The number of carbonyl (C=O) groups excluding carboxylic acids is 1. The summed E-state index contributed by atoms with van der Waals surface area (Å²) in [4.78, 5) is 13.9. The predicted molar refractivity (Wildman–Crippen MR) is 75.2 cm³/mol. The van der Waals surface area contributed by atoms with Crippen LogP contribution in [0.15, 0.2) is 0 Å². The van der Waals surface area contributed by atoms with Crippen molar-refractivity contribution in [3.05, 3.63) is 0 Å². The Morgan fingerprint density at radius 2 is 1.89 bits per heavy atom. The molecule has 0 aliphatic carbocycles. The van der Waals surface area contributed by atoms with Crippen LogP contribution in [0.4, 0.5) is 0 Å². The minimum absolute atomic E-state index is 0.00669. The van der Waals surface area contributed by atoms with E-state index in [4.69, 9.17) is 10.8 Å². The summed E-state index contributed by atoms with van der Waals surface area (Å²) in [6.45, 7) is 7.31. The Labute approximate surface area is 112 Å². The summed E-state index contributed by atoms with van der Waals surface area (Å²) in [6.07, 6.45) is 5.39. The van der Waals surface area contributed by atoms with Crippen LogP contribution in [-0.2, 0) is 4.79 Å². The lowest BCUT2D eigenvalue weighted by atomic mass is 9.98. The number of rotatable bonds is 10. The monoisotopic (exact) mass is 258 g/mol. The van der Waals surface area contributed by atoms with E-state index in [1.807, 2.05) is 13.8 Å². The minimum atomic E-state index is -0.437. The van der Waals surface area contributed by atoms with E-state index in [0.717, 1.165) is 19.3 Å². The third-order valence-corrected chi connectivity index (χ3v) is 3.51. The quantitative estimate of drug-likeness (QED) is 0.587. The van der Waals surface area contributed by atoms with E-state index < -0.39 is 6.04 Å². The van der Waals surface area contributed by atoms with Gasteiger partial charge in [-0.3, -0.25) is 4.79 Å². The maximum absolute atomic E-state index is 12.2. The van der Waals surface area contributed by atoms with Crippen LogP contribution in [0.1, 0.15) is 52.9 Å². The van der Waals surface area contributed by atoms with Crippen LogP contribution in [0.3, 0.4) is 0 Å². The maximum atomic E-state index is 12.2. The summed E-state index contributed by atoms with van der Waals surface area (Å²) < 4.78 is 0. The number of unbranched alkanes of at least 4 members (excludes halogenated alkanes) is 3. The molecule has 3 N–H and O–H groups in total. The average molecular weight is 258 g/mol. The number of hydrogen-bond acceptors (Lipinski definition) is 3. The molecule has 108 valence electrons. The fourth-order valence-corrected chi connectivity index (χ4v) is 1.89. The molecule has 4 nitrogen and oxygen atoms in total. The van der Waals surface area contributed by atoms with E-state index in [0.29, 0.717) is 13.1 Å². The van der Waals surface area contributed by atoms with Crippen LogP contribution in [-0.4, -0.2) is 41.7 Å². The molecule has 18 heavy (non-hydrogen) atoms. The van der Waals surface area contributed by atoms with E-state index in [1.165, 1.54) is 12.8 Å². The lowest BCUT2D eigenvalue weighted by Crippen LogP contribution is -2.48. The molecule has 0 spiro atoms. The fraction of sp³-hybridized carbons (Fsp3) is 0.929. The highest BCUT2D eigenvalue weighted by Gasteiger charge is 2.24. The summed E-state index contributed by atoms with van der Waals surface area (Å²) in [5.41, 5.74) is 5.96. The van der Waals surface area contributed by atoms with Crippen molar-refractivity contribution in [3.63, 3.8) is 0 Å². The highest BCUT2D eigenvalue weighted by atomic mass is 16.3. The molecule has 0 saturated heterocycles. The fourth-order valence-electron chi connectivity index (χ4n) is 1.89. The first-order valence-corrected chi connectivity index (χ1v) is 7.23. The number of amides is 1. The molecular weight excluding hydrogens is 228 g/mol. The lowest BCUT2D eigenvalue weighted by molar-refractivity contribution is -0.134. The van der Waals surface area contributed by atoms with Gasteiger partial charge in [-0.15, -0.1) is 0 Å². The second-order valence-electron chi connectivity index (χ2n) is 5.02. The Bertz CT molecular complexity index is 222. The average Bonchev–Trinajstić information content (AvgIpc) is 2.39. The number of aliphatic hydroxyl groups is 1. The molecule has 1 amide bonds. The molecule has 0 aromatic heterocycles. The highest BCUT2D eigenvalue weighted by molar-refractivity contribution is 5.81. The number of nitrogens with two attached hydrogens (primary N) is 1. The van der Waals surface area contributed by atoms with Crippen LogP contribution in [0.5, 0.6) is 0 Å². The second-order valence-corrected chi connectivity index (χ2v) is 5.02. The van der Waals surface area contributed by atoms with Gasteiger partial charge in [0, 0.05) is 13.1 Å². The molecule has 0 radical (unpaired) electrons. The van der Waals surface area contributed by atoms with Gasteiger partial charge < -0.3 is 15.7 Å². The third kappa shape index (κ3) is 6.36. The van der Waals surface area contributed by atoms with Crippen LogP contribution in [0, 0.1) is 5.92 Å². The van der Waals surface area contributed by atoms with Gasteiger partial charge in [0.2, 0.25) is 5.91 Å².